The van der Waals surface area contributed by atoms with Gasteiger partial charge in [0.15, 0.2) is 0 Å². The molecule has 0 spiro atoms. The molecule has 0 aromatic carbocycles. The van der Waals surface area contributed by atoms with Gasteiger partial charge in [0.25, 0.3) is 0 Å². The zero-order chi connectivity index (χ0) is 13.0. The van der Waals surface area contributed by atoms with Crippen molar-refractivity contribution in [1.82, 2.24) is 10.2 Å². The molecule has 4 nitrogen and oxygen atoms in total. The Labute approximate surface area is 110 Å². The monoisotopic (exact) mass is 254 g/mol. The van der Waals surface area contributed by atoms with Gasteiger partial charge < -0.3 is 15.3 Å². The largest absolute Gasteiger partial charge is 0.393 e. The number of likely N-dealkylation sites (tertiary alicyclic amines) is 1. The topological polar surface area (TPSA) is 52.6 Å². The molecule has 18 heavy (non-hydrogen) atoms. The van der Waals surface area contributed by atoms with E-state index >= 15 is 0 Å². The minimum absolute atomic E-state index is 0.0852. The number of rotatable bonds is 2. The zero-order valence-electron chi connectivity index (χ0n) is 11.4. The van der Waals surface area contributed by atoms with Crippen molar-refractivity contribution >= 4 is 6.03 Å². The molecule has 2 fully saturated rings. The molecule has 1 heterocycles. The van der Waals surface area contributed by atoms with Crippen molar-refractivity contribution in [2.75, 3.05) is 19.6 Å². The molecular weight excluding hydrogens is 228 g/mol. The van der Waals surface area contributed by atoms with Crippen LogP contribution in [0.4, 0.5) is 4.79 Å². The minimum Gasteiger partial charge on any atom is -0.393 e. The molecule has 104 valence electrons. The average Bonchev–Trinajstić information content (AvgIpc) is 2.37. The summed E-state index contributed by atoms with van der Waals surface area (Å²) < 4.78 is 0. The molecule has 1 saturated carbocycles. The Kier molecular flexibility index (Phi) is 4.87. The number of urea groups is 1. The van der Waals surface area contributed by atoms with E-state index in [4.69, 9.17) is 0 Å². The van der Waals surface area contributed by atoms with E-state index in [0.29, 0.717) is 5.92 Å². The van der Waals surface area contributed by atoms with Crippen molar-refractivity contribution in [3.05, 3.63) is 0 Å². The summed E-state index contributed by atoms with van der Waals surface area (Å²) in [6, 6.07) is 0.0852. The highest BCUT2D eigenvalue weighted by Crippen LogP contribution is 2.23. The summed E-state index contributed by atoms with van der Waals surface area (Å²) in [5.74, 6) is 1.21. The number of aliphatic hydroxyl groups excluding tert-OH is 1. The highest BCUT2D eigenvalue weighted by molar-refractivity contribution is 5.74. The van der Waals surface area contributed by atoms with Crippen LogP contribution in [0.3, 0.4) is 0 Å². The third-order valence-electron chi connectivity index (χ3n) is 4.37. The van der Waals surface area contributed by atoms with E-state index in [9.17, 15) is 9.90 Å². The molecule has 2 unspecified atom stereocenters. The molecule has 2 aliphatic rings. The molecule has 0 bridgehead atoms. The standard InChI is InChI=1S/C14H26N2O2/c1-11-5-7-16(8-6-11)14(18)15-10-12-3-2-4-13(17)9-12/h11-13,17H,2-10H2,1H3,(H,15,18). The van der Waals surface area contributed by atoms with Crippen molar-refractivity contribution in [3.8, 4) is 0 Å². The first-order valence-electron chi connectivity index (χ1n) is 7.36. The Hall–Kier alpha value is -0.770. The second-order valence-electron chi connectivity index (χ2n) is 6.04. The summed E-state index contributed by atoms with van der Waals surface area (Å²) in [6.07, 6.45) is 6.07. The summed E-state index contributed by atoms with van der Waals surface area (Å²) in [4.78, 5) is 13.9. The first kappa shape index (κ1) is 13.7. The Morgan fingerprint density at radius 2 is 2.00 bits per heavy atom. The molecule has 0 radical (unpaired) electrons. The van der Waals surface area contributed by atoms with Crippen molar-refractivity contribution in [2.24, 2.45) is 11.8 Å². The Morgan fingerprint density at radius 1 is 1.28 bits per heavy atom. The maximum atomic E-state index is 12.0. The summed E-state index contributed by atoms with van der Waals surface area (Å²) >= 11 is 0. The SMILES string of the molecule is CC1CCN(C(=O)NCC2CCCC(O)C2)CC1. The van der Waals surface area contributed by atoms with Crippen LogP contribution in [0.5, 0.6) is 0 Å². The Balaban J connectivity index is 1.68. The van der Waals surface area contributed by atoms with E-state index in [0.717, 1.165) is 64.1 Å². The summed E-state index contributed by atoms with van der Waals surface area (Å²) in [5, 5.41) is 12.6. The van der Waals surface area contributed by atoms with E-state index in [2.05, 4.69) is 12.2 Å². The molecule has 0 aromatic rings. The predicted octanol–water partition coefficient (Wildman–Crippen LogP) is 1.98. The lowest BCUT2D eigenvalue weighted by Crippen LogP contribution is -2.45. The van der Waals surface area contributed by atoms with Gasteiger partial charge >= 0.3 is 6.03 Å². The Morgan fingerprint density at radius 3 is 2.67 bits per heavy atom. The first-order chi connectivity index (χ1) is 8.65. The van der Waals surface area contributed by atoms with E-state index in [1.807, 2.05) is 4.90 Å². The van der Waals surface area contributed by atoms with Gasteiger partial charge in [0, 0.05) is 19.6 Å². The van der Waals surface area contributed by atoms with Gasteiger partial charge in [-0.1, -0.05) is 13.3 Å². The maximum Gasteiger partial charge on any atom is 0.317 e. The van der Waals surface area contributed by atoms with Gasteiger partial charge in [0.05, 0.1) is 6.10 Å². The maximum absolute atomic E-state index is 12.0. The van der Waals surface area contributed by atoms with E-state index in [1.165, 1.54) is 0 Å². The van der Waals surface area contributed by atoms with Crippen LogP contribution in [-0.4, -0.2) is 41.8 Å². The van der Waals surface area contributed by atoms with Crippen LogP contribution in [0.15, 0.2) is 0 Å². The fourth-order valence-corrected chi connectivity index (χ4v) is 3.00. The van der Waals surface area contributed by atoms with Crippen LogP contribution in [0, 0.1) is 11.8 Å². The predicted molar refractivity (Wildman–Crippen MR) is 71.3 cm³/mol. The van der Waals surface area contributed by atoms with Crippen molar-refractivity contribution in [2.45, 2.75) is 51.6 Å². The normalized spacial score (nSPS) is 30.2. The molecule has 1 saturated heterocycles. The summed E-state index contributed by atoms with van der Waals surface area (Å²) in [7, 11) is 0. The fourth-order valence-electron chi connectivity index (χ4n) is 3.00. The van der Waals surface area contributed by atoms with E-state index < -0.39 is 0 Å². The molecule has 0 aromatic heterocycles. The minimum atomic E-state index is -0.156. The van der Waals surface area contributed by atoms with Crippen molar-refractivity contribution in [3.63, 3.8) is 0 Å². The lowest BCUT2D eigenvalue weighted by atomic mass is 9.87. The van der Waals surface area contributed by atoms with Gasteiger partial charge in [0.2, 0.25) is 0 Å². The molecule has 1 aliphatic carbocycles. The van der Waals surface area contributed by atoms with Crippen molar-refractivity contribution in [1.29, 1.82) is 0 Å². The number of hydrogen-bond acceptors (Lipinski definition) is 2. The van der Waals surface area contributed by atoms with Gasteiger partial charge in [-0.3, -0.25) is 0 Å². The van der Waals surface area contributed by atoms with Crippen LogP contribution in [0.25, 0.3) is 0 Å². The summed E-state index contributed by atoms with van der Waals surface area (Å²) in [6.45, 7) is 4.75. The molecule has 2 rings (SSSR count). The summed E-state index contributed by atoms with van der Waals surface area (Å²) in [5.41, 5.74) is 0. The number of piperidine rings is 1. The third kappa shape index (κ3) is 3.87. The van der Waals surface area contributed by atoms with E-state index in [1.54, 1.807) is 0 Å². The molecule has 2 N–H and O–H groups in total. The van der Waals surface area contributed by atoms with Gasteiger partial charge in [-0.05, 0) is 43.9 Å². The van der Waals surface area contributed by atoms with Crippen molar-refractivity contribution < 1.29 is 9.90 Å². The highest BCUT2D eigenvalue weighted by Gasteiger charge is 2.23. The van der Waals surface area contributed by atoms with E-state index in [-0.39, 0.29) is 12.1 Å². The third-order valence-corrected chi connectivity index (χ3v) is 4.37. The molecular formula is C14H26N2O2. The lowest BCUT2D eigenvalue weighted by Gasteiger charge is -2.31. The van der Waals surface area contributed by atoms with Crippen LogP contribution in [0.2, 0.25) is 0 Å². The quantitative estimate of drug-likeness (QED) is 0.791. The Bertz CT molecular complexity index is 275. The first-order valence-corrected chi connectivity index (χ1v) is 7.36. The molecule has 2 amide bonds. The molecule has 4 heteroatoms. The van der Waals surface area contributed by atoms with Gasteiger partial charge in [-0.2, -0.15) is 0 Å². The van der Waals surface area contributed by atoms with Gasteiger partial charge in [-0.15, -0.1) is 0 Å². The fraction of sp³-hybridized carbons (Fsp3) is 0.929. The number of carbonyl (C=O) groups is 1. The highest BCUT2D eigenvalue weighted by atomic mass is 16.3. The number of carbonyl (C=O) groups excluding carboxylic acids is 1. The number of nitrogens with one attached hydrogen (secondary N) is 1. The second-order valence-corrected chi connectivity index (χ2v) is 6.04. The lowest BCUT2D eigenvalue weighted by molar-refractivity contribution is 0.0997. The van der Waals surface area contributed by atoms with Gasteiger partial charge in [0.1, 0.15) is 0 Å². The molecule has 2 atom stereocenters. The number of aliphatic hydroxyl groups is 1. The average molecular weight is 254 g/mol. The van der Waals surface area contributed by atoms with Crippen LogP contribution >= 0.6 is 0 Å². The molecule has 1 aliphatic heterocycles. The van der Waals surface area contributed by atoms with Gasteiger partial charge in [-0.25, -0.2) is 4.79 Å². The zero-order valence-corrected chi connectivity index (χ0v) is 11.4. The number of nitrogens with zero attached hydrogens (tertiary/aromatic N) is 1. The van der Waals surface area contributed by atoms with Crippen LogP contribution < -0.4 is 5.32 Å². The number of amides is 2. The number of hydrogen-bond donors (Lipinski definition) is 2. The van der Waals surface area contributed by atoms with Crippen LogP contribution in [0.1, 0.15) is 45.4 Å². The second kappa shape index (κ2) is 6.41. The van der Waals surface area contributed by atoms with Crippen LogP contribution in [-0.2, 0) is 0 Å². The smallest absolute Gasteiger partial charge is 0.317 e.